The van der Waals surface area contributed by atoms with Gasteiger partial charge >= 0.3 is 0 Å². The van der Waals surface area contributed by atoms with Crippen molar-refractivity contribution >= 4 is 10.9 Å². The number of aromatic nitrogens is 1. The van der Waals surface area contributed by atoms with Crippen LogP contribution in [0.3, 0.4) is 0 Å². The second kappa shape index (κ2) is 4.47. The topological polar surface area (TPSA) is 40.2 Å². The van der Waals surface area contributed by atoms with Crippen LogP contribution in [0.2, 0.25) is 0 Å². The van der Waals surface area contributed by atoms with E-state index in [0.29, 0.717) is 13.3 Å². The van der Waals surface area contributed by atoms with Crippen molar-refractivity contribution in [2.45, 2.75) is 20.2 Å². The summed E-state index contributed by atoms with van der Waals surface area (Å²) in [5, 5.41) is 1.22. The van der Waals surface area contributed by atoms with Crippen molar-refractivity contribution in [3.8, 4) is 0 Å². The Bertz CT molecular complexity index is 448. The van der Waals surface area contributed by atoms with Gasteiger partial charge in [0.2, 0.25) is 0 Å². The highest BCUT2D eigenvalue weighted by molar-refractivity contribution is 5.80. The minimum absolute atomic E-state index is 0.590. The van der Waals surface area contributed by atoms with Gasteiger partial charge in [-0.3, -0.25) is 0 Å². The van der Waals surface area contributed by atoms with Gasteiger partial charge in [-0.25, -0.2) is 0 Å². The summed E-state index contributed by atoms with van der Waals surface area (Å²) in [5.74, 6) is 0. The van der Waals surface area contributed by atoms with Crippen LogP contribution in [-0.2, 0) is 18.0 Å². The lowest BCUT2D eigenvalue weighted by molar-refractivity contribution is 0.0909. The average Bonchev–Trinajstić information content (AvgIpc) is 2.68. The van der Waals surface area contributed by atoms with Gasteiger partial charge in [0.05, 0.1) is 0 Å². The van der Waals surface area contributed by atoms with Gasteiger partial charge in [0.25, 0.3) is 0 Å². The molecule has 2 aromatic rings. The first kappa shape index (κ1) is 10.2. The molecular formula is C12H16N2O. The summed E-state index contributed by atoms with van der Waals surface area (Å²) in [4.78, 5) is 0. The molecule has 0 spiro atoms. The van der Waals surface area contributed by atoms with Gasteiger partial charge in [0.15, 0.2) is 0 Å². The van der Waals surface area contributed by atoms with Gasteiger partial charge < -0.3 is 15.0 Å². The van der Waals surface area contributed by atoms with Crippen LogP contribution in [0.25, 0.3) is 10.9 Å². The van der Waals surface area contributed by atoms with E-state index in [-0.39, 0.29) is 0 Å². The fourth-order valence-corrected chi connectivity index (χ4v) is 1.68. The zero-order valence-electron chi connectivity index (χ0n) is 8.94. The number of hydrogen-bond donors (Lipinski definition) is 1. The van der Waals surface area contributed by atoms with Crippen LogP contribution in [0.1, 0.15) is 12.5 Å². The minimum atomic E-state index is 0.590. The van der Waals surface area contributed by atoms with Gasteiger partial charge in [0.1, 0.15) is 6.73 Å². The smallest absolute Gasteiger partial charge is 0.122 e. The molecule has 1 aromatic heterocycles. The predicted octanol–water partition coefficient (Wildman–Crippen LogP) is 2.09. The first-order chi connectivity index (χ1) is 7.35. The first-order valence-corrected chi connectivity index (χ1v) is 5.20. The first-order valence-electron chi connectivity index (χ1n) is 5.20. The van der Waals surface area contributed by atoms with Crippen molar-refractivity contribution in [1.29, 1.82) is 0 Å². The van der Waals surface area contributed by atoms with Crippen molar-refractivity contribution in [2.24, 2.45) is 5.73 Å². The van der Waals surface area contributed by atoms with Crippen LogP contribution in [-0.4, -0.2) is 11.2 Å². The molecule has 0 aliphatic rings. The second-order valence-electron chi connectivity index (χ2n) is 3.50. The molecule has 0 saturated carbocycles. The molecule has 1 heterocycles. The molecule has 1 aromatic carbocycles. The third-order valence-electron chi connectivity index (χ3n) is 2.51. The van der Waals surface area contributed by atoms with Gasteiger partial charge in [0, 0.05) is 24.9 Å². The summed E-state index contributed by atoms with van der Waals surface area (Å²) in [6, 6.07) is 8.37. The number of hydrogen-bond acceptors (Lipinski definition) is 2. The molecule has 0 aliphatic carbocycles. The molecule has 0 radical (unpaired) electrons. The Labute approximate surface area is 89.4 Å². The molecule has 0 aliphatic heterocycles. The normalized spacial score (nSPS) is 11.1. The lowest BCUT2D eigenvalue weighted by Gasteiger charge is -2.05. The molecule has 0 fully saturated rings. The van der Waals surface area contributed by atoms with E-state index in [9.17, 15) is 0 Å². The summed E-state index contributed by atoms with van der Waals surface area (Å²) < 4.78 is 7.48. The third-order valence-corrected chi connectivity index (χ3v) is 2.51. The maximum atomic E-state index is 5.60. The van der Waals surface area contributed by atoms with E-state index in [2.05, 4.69) is 28.8 Å². The van der Waals surface area contributed by atoms with E-state index in [1.54, 1.807) is 0 Å². The van der Waals surface area contributed by atoms with E-state index < -0.39 is 0 Å². The van der Waals surface area contributed by atoms with Crippen molar-refractivity contribution in [3.63, 3.8) is 0 Å². The van der Waals surface area contributed by atoms with Crippen LogP contribution in [0, 0.1) is 0 Å². The fraction of sp³-hybridized carbons (Fsp3) is 0.333. The van der Waals surface area contributed by atoms with Crippen molar-refractivity contribution in [2.75, 3.05) is 6.61 Å². The Hall–Kier alpha value is -1.32. The van der Waals surface area contributed by atoms with Gasteiger partial charge in [-0.2, -0.15) is 0 Å². The van der Waals surface area contributed by atoms with Crippen LogP contribution >= 0.6 is 0 Å². The summed E-state index contributed by atoms with van der Waals surface area (Å²) in [7, 11) is 0. The molecule has 0 amide bonds. The average molecular weight is 204 g/mol. The number of rotatable bonds is 4. The maximum Gasteiger partial charge on any atom is 0.122 e. The standard InChI is InChI=1S/C12H16N2O/c1-2-15-9-14-6-5-11-7-10(8-13)3-4-12(11)14/h3-7H,2,8-9,13H2,1H3. The molecule has 0 atom stereocenters. The Kier molecular flexibility index (Phi) is 3.04. The summed E-state index contributed by atoms with van der Waals surface area (Å²) in [6.07, 6.45) is 2.04. The molecule has 0 saturated heterocycles. The molecule has 3 nitrogen and oxygen atoms in total. The predicted molar refractivity (Wildman–Crippen MR) is 61.5 cm³/mol. The van der Waals surface area contributed by atoms with E-state index in [1.165, 1.54) is 10.9 Å². The molecule has 0 unspecified atom stereocenters. The Morgan fingerprint density at radius 2 is 2.20 bits per heavy atom. The highest BCUT2D eigenvalue weighted by atomic mass is 16.5. The SMILES string of the molecule is CCOCn1ccc2cc(CN)ccc21. The zero-order chi connectivity index (χ0) is 10.7. The molecule has 80 valence electrons. The molecule has 0 bridgehead atoms. The van der Waals surface area contributed by atoms with Crippen molar-refractivity contribution in [3.05, 3.63) is 36.0 Å². The Morgan fingerprint density at radius 1 is 1.33 bits per heavy atom. The van der Waals surface area contributed by atoms with Gasteiger partial charge in [-0.1, -0.05) is 6.07 Å². The van der Waals surface area contributed by atoms with Crippen molar-refractivity contribution in [1.82, 2.24) is 4.57 Å². The second-order valence-corrected chi connectivity index (χ2v) is 3.50. The monoisotopic (exact) mass is 204 g/mol. The van der Waals surface area contributed by atoms with Gasteiger partial charge in [-0.05, 0) is 36.1 Å². The third kappa shape index (κ3) is 2.03. The van der Waals surface area contributed by atoms with E-state index >= 15 is 0 Å². The minimum Gasteiger partial charge on any atom is -0.361 e. The maximum absolute atomic E-state index is 5.60. The lowest BCUT2D eigenvalue weighted by Crippen LogP contribution is -2.00. The Balaban J connectivity index is 2.34. The quantitative estimate of drug-likeness (QED) is 0.828. The number of benzene rings is 1. The highest BCUT2D eigenvalue weighted by Crippen LogP contribution is 2.17. The summed E-state index contributed by atoms with van der Waals surface area (Å²) in [6.45, 7) is 3.94. The molecule has 3 heteroatoms. The van der Waals surface area contributed by atoms with Crippen LogP contribution in [0.15, 0.2) is 30.5 Å². The Morgan fingerprint density at radius 3 is 2.93 bits per heavy atom. The molecule has 2 N–H and O–H groups in total. The zero-order valence-corrected chi connectivity index (χ0v) is 8.94. The molecule has 2 rings (SSSR count). The van der Waals surface area contributed by atoms with Crippen LogP contribution in [0.4, 0.5) is 0 Å². The highest BCUT2D eigenvalue weighted by Gasteiger charge is 2.00. The van der Waals surface area contributed by atoms with Gasteiger partial charge in [-0.15, -0.1) is 0 Å². The summed E-state index contributed by atoms with van der Waals surface area (Å²) >= 11 is 0. The number of fused-ring (bicyclic) bond motifs is 1. The fourth-order valence-electron chi connectivity index (χ4n) is 1.68. The number of nitrogens with zero attached hydrogens (tertiary/aromatic N) is 1. The molecular weight excluding hydrogens is 188 g/mol. The lowest BCUT2D eigenvalue weighted by atomic mass is 10.1. The largest absolute Gasteiger partial charge is 0.361 e. The van der Waals surface area contributed by atoms with E-state index in [1.807, 2.05) is 13.1 Å². The number of nitrogens with two attached hydrogens (primary N) is 1. The molecule has 15 heavy (non-hydrogen) atoms. The van der Waals surface area contributed by atoms with Crippen molar-refractivity contribution < 1.29 is 4.74 Å². The van der Waals surface area contributed by atoms with Crippen LogP contribution < -0.4 is 5.73 Å². The summed E-state index contributed by atoms with van der Waals surface area (Å²) in [5.41, 5.74) is 7.95. The van der Waals surface area contributed by atoms with Crippen LogP contribution in [0.5, 0.6) is 0 Å². The van der Waals surface area contributed by atoms with E-state index in [0.717, 1.165) is 12.2 Å². The number of ether oxygens (including phenoxy) is 1. The van der Waals surface area contributed by atoms with E-state index in [4.69, 9.17) is 10.5 Å².